The van der Waals surface area contributed by atoms with E-state index in [2.05, 4.69) is 49.1 Å². The van der Waals surface area contributed by atoms with Gasteiger partial charge < -0.3 is 96.2 Å². The Morgan fingerprint density at radius 3 is 1.76 bits per heavy atom. The summed E-state index contributed by atoms with van der Waals surface area (Å²) in [6, 6.07) is 0. The zero-order valence-corrected chi connectivity index (χ0v) is 61.4. The first-order valence-electron chi connectivity index (χ1n) is 29.3. The summed E-state index contributed by atoms with van der Waals surface area (Å²) in [5.74, 6) is -0.646. The average Bonchev–Trinajstić information content (AvgIpc) is 1.64. The van der Waals surface area contributed by atoms with E-state index in [-0.39, 0.29) is 72.1 Å². The predicted molar refractivity (Wildman–Crippen MR) is 359 cm³/mol. The van der Waals surface area contributed by atoms with E-state index in [0.717, 1.165) is 15.3 Å². The monoisotopic (exact) mass is 1580 g/mol. The Morgan fingerprint density at radius 2 is 1.17 bits per heavy atom. The van der Waals surface area contributed by atoms with Crippen LogP contribution in [0.4, 0.5) is 5.95 Å². The lowest BCUT2D eigenvalue weighted by molar-refractivity contribution is -0.120. The van der Waals surface area contributed by atoms with Crippen molar-refractivity contribution < 1.29 is 108 Å². The number of aliphatic hydroxyl groups excluding tert-OH is 1. The number of amides is 1. The minimum absolute atomic E-state index is 0.0132. The van der Waals surface area contributed by atoms with Crippen molar-refractivity contribution in [2.75, 3.05) is 59.6 Å². The summed E-state index contributed by atoms with van der Waals surface area (Å²) in [6.45, 7) is -14.0. The van der Waals surface area contributed by atoms with Crippen LogP contribution in [0, 0.1) is 13.8 Å². The fourth-order valence-corrected chi connectivity index (χ4v) is 18.3. The molecule has 546 valence electrons. The molecule has 49 heteroatoms. The zero-order valence-electron chi connectivity index (χ0n) is 52.7. The second kappa shape index (κ2) is 32.3. The fraction of sp³-hybridized carbons (Fsp3) is 0.633. The van der Waals surface area contributed by atoms with Gasteiger partial charge in [0.1, 0.15) is 73.2 Å². The van der Waals surface area contributed by atoms with Crippen LogP contribution in [0.1, 0.15) is 69.8 Å². The fourth-order valence-electron chi connectivity index (χ4n) is 10.7. The molecule has 19 atom stereocenters. The number of nitrogens with two attached hydrogens (primary N) is 1. The van der Waals surface area contributed by atoms with Crippen LogP contribution in [0.3, 0.4) is 0 Å². The number of aromatic nitrogens is 8. The summed E-state index contributed by atoms with van der Waals surface area (Å²) >= 11 is 25.9. The topological polar surface area (TPSA) is 498 Å². The maximum Gasteiger partial charge on any atom is 0.386 e. The first-order chi connectivity index (χ1) is 45.9. The van der Waals surface area contributed by atoms with E-state index in [9.17, 15) is 58.0 Å². The molecular formula is C49H72N11O28P5S5. The van der Waals surface area contributed by atoms with Crippen LogP contribution in [-0.4, -0.2) is 201 Å². The third kappa shape index (κ3) is 19.3. The lowest BCUT2D eigenvalue weighted by Gasteiger charge is -2.35. The van der Waals surface area contributed by atoms with E-state index < -0.39 is 186 Å². The minimum Gasteiger partial charge on any atom is -0.396 e. The summed E-state index contributed by atoms with van der Waals surface area (Å²) in [6.07, 6.45) is -15.1. The number of thiol groups is 1. The number of ether oxygens (including phenoxy) is 6. The Balaban J connectivity index is 0.950. The lowest BCUT2D eigenvalue weighted by atomic mass is 10.1. The number of carbonyl (C=O) groups excluding carboxylic acids is 1. The smallest absolute Gasteiger partial charge is 0.386 e. The third-order valence-electron chi connectivity index (χ3n) is 15.2. The summed E-state index contributed by atoms with van der Waals surface area (Å²) < 4.78 is 113. The number of imidazole rings is 1. The Kier molecular flexibility index (Phi) is 26.0. The molecule has 5 aliphatic rings. The van der Waals surface area contributed by atoms with Crippen molar-refractivity contribution in [1.82, 2.24) is 48.8 Å². The molecule has 4 aromatic heterocycles. The van der Waals surface area contributed by atoms with Gasteiger partial charge in [-0.1, -0.05) is 18.8 Å². The van der Waals surface area contributed by atoms with Gasteiger partial charge in [-0.2, -0.15) is 4.98 Å². The third-order valence-corrected chi connectivity index (χ3v) is 23.3. The molecule has 4 fully saturated rings. The molecule has 1 amide bonds. The number of nitrogens with zero attached hydrogens (tertiary/aromatic N) is 6. The van der Waals surface area contributed by atoms with Crippen molar-refractivity contribution in [2.24, 2.45) is 0 Å². The molecule has 11 N–H and O–H groups in total. The van der Waals surface area contributed by atoms with Gasteiger partial charge in [0.15, 0.2) is 23.6 Å². The number of aryl methyl sites for hydroxylation is 2. The van der Waals surface area contributed by atoms with Gasteiger partial charge in [-0.25, -0.2) is 19.1 Å². The van der Waals surface area contributed by atoms with Crippen LogP contribution in [0.25, 0.3) is 11.2 Å². The lowest BCUT2D eigenvalue weighted by Crippen LogP contribution is -2.48. The molecule has 9 unspecified atom stereocenters. The van der Waals surface area contributed by atoms with E-state index in [1.54, 1.807) is 13.8 Å². The Morgan fingerprint density at radius 1 is 0.673 bits per heavy atom. The van der Waals surface area contributed by atoms with E-state index in [4.69, 9.17) is 127 Å². The molecule has 4 saturated heterocycles. The predicted octanol–water partition coefficient (Wildman–Crippen LogP) is 0.789. The Hall–Kier alpha value is -3.40. The van der Waals surface area contributed by atoms with Crippen molar-refractivity contribution in [3.8, 4) is 0 Å². The molecule has 9 heterocycles. The molecule has 9 rings (SSSR count). The molecule has 0 spiro atoms. The molecule has 0 radical (unpaired) electrons. The van der Waals surface area contributed by atoms with Crippen molar-refractivity contribution in [1.29, 1.82) is 0 Å². The van der Waals surface area contributed by atoms with E-state index >= 15 is 0 Å². The molecule has 5 aliphatic heterocycles. The molecule has 39 nitrogen and oxygen atoms in total. The van der Waals surface area contributed by atoms with Gasteiger partial charge in [0.2, 0.25) is 5.95 Å². The maximum absolute atomic E-state index is 14.7. The number of hydrogen-bond acceptors (Lipinski definition) is 32. The van der Waals surface area contributed by atoms with Crippen molar-refractivity contribution >= 4 is 116 Å². The highest BCUT2D eigenvalue weighted by Crippen LogP contribution is 2.59. The number of aliphatic hydroxyl groups is 1. The number of H-pyrrole nitrogens is 3. The minimum atomic E-state index is -4.82. The van der Waals surface area contributed by atoms with Crippen LogP contribution in [-0.2, 0) is 130 Å². The van der Waals surface area contributed by atoms with Gasteiger partial charge >= 0.3 is 45.1 Å². The number of rotatable bonds is 32. The number of hydrogen-bond donors (Lipinski definition) is 11. The number of methoxy groups -OCH3 is 2. The second-order valence-corrected chi connectivity index (χ2v) is 36.7. The molecule has 0 bridgehead atoms. The van der Waals surface area contributed by atoms with Crippen LogP contribution in [0.2, 0.25) is 0 Å². The number of fused-ring (bicyclic) bond motifs is 1. The number of carbonyl (C=O) groups is 1. The van der Waals surface area contributed by atoms with Crippen molar-refractivity contribution in [3.05, 3.63) is 106 Å². The van der Waals surface area contributed by atoms with Crippen LogP contribution in [0.15, 0.2) is 66.9 Å². The van der Waals surface area contributed by atoms with Crippen molar-refractivity contribution in [2.45, 2.75) is 146 Å². The standard InChI is InChI=1S/C49H72N11O28P5S5/c1-22(2)84-90(69,95)76-17-30-28(13-34(81-30)60-21-51-35-40(60)53-47(50)54-44(35)65)86-91(70,96)77-18-29-27(12-33(80-29)58-15-24(4)42(63)55-48(58)66)85-92(71,97)78-19-32-37(39(74-8)46(83-32)59-16-25(5)43(64)56-49(59)67)88-93(72,98)79-20-31-36(87-89(68,94)75-11-9-10-61)38(73-7)45(82-31)57-14-23(3)41(62)52-26(57)6/h14-16,21-22,27-34,36-39,45-46,61H,6,9-13,17-20H2,1-5,7-8H3,(H,52,62)(H,68,94)(H,69,95)(H,70,96)(H,71,97)(H,72,98)(H,55,63,66)(H,56,64,67)(H3,50,53,54,65)/t27?,28?,29-,30-,31-,32-,33-,34-,36?,37?,38+,39+,45-,46-,89?,90?,91?,92?,93?/m1/s1. The molecular weight excluding hydrogens is 1510 g/mol. The van der Waals surface area contributed by atoms with Gasteiger partial charge in [0.05, 0.1) is 51.6 Å². The molecule has 98 heavy (non-hydrogen) atoms. The number of nitrogen functional groups attached to an aromatic ring is 1. The molecule has 4 aromatic rings. The molecule has 0 aromatic carbocycles. The SMILES string of the molecule is C=C1NC(=O)C(C)=CN1[C@@H]1O[C@H](COP(O)(=S)OC2[C@@H](COP(=O)(S)OC3C[C@H](n4cc(C)c(=O)[nH]c4=O)O[C@@H]3COP(O)(=S)OC3C[C@H](n4cnc5c(=O)[nH]c(N)nc54)O[C@@H]3COP(O)(=S)OC(C)C)O[C@@H](n3cc(C)c(=O)[nH]c3=O)[C@H]2OC)C(OP(O)(=S)OCCCO)[C@@H]1OC. The maximum atomic E-state index is 14.7. The normalized spacial score (nSPS) is 29.9. The number of nitrogens with one attached hydrogen (secondary N) is 4. The first-order valence-corrected chi connectivity index (χ1v) is 42.4. The number of aromatic amines is 3. The molecule has 0 saturated carbocycles. The highest BCUT2D eigenvalue weighted by molar-refractivity contribution is 8.44. The van der Waals surface area contributed by atoms with Gasteiger partial charge in [-0.15, -0.1) is 0 Å². The summed E-state index contributed by atoms with van der Waals surface area (Å²) in [5, 5.41) is 12.0. The Bertz CT molecular complexity index is 4220. The average molecular weight is 1580 g/mol. The Labute approximate surface area is 581 Å². The zero-order chi connectivity index (χ0) is 71.7. The summed E-state index contributed by atoms with van der Waals surface area (Å²) in [5.41, 5.74) is 2.09. The quantitative estimate of drug-likeness (QED) is 0.0183. The van der Waals surface area contributed by atoms with Gasteiger partial charge in [-0.05, 0) is 88.3 Å². The highest BCUT2D eigenvalue weighted by Gasteiger charge is 2.54. The van der Waals surface area contributed by atoms with Crippen molar-refractivity contribution in [3.63, 3.8) is 0 Å². The largest absolute Gasteiger partial charge is 0.396 e. The van der Waals surface area contributed by atoms with Gasteiger partial charge in [-0.3, -0.25) is 65.9 Å². The van der Waals surface area contributed by atoms with Crippen LogP contribution >= 0.6 is 45.9 Å². The van der Waals surface area contributed by atoms with E-state index in [0.29, 0.717) is 0 Å². The summed E-state index contributed by atoms with van der Waals surface area (Å²) in [4.78, 5) is 139. The molecule has 0 aliphatic carbocycles. The summed E-state index contributed by atoms with van der Waals surface area (Å²) in [7, 11) is 2.47. The van der Waals surface area contributed by atoms with E-state index in [1.165, 1.54) is 63.2 Å². The van der Waals surface area contributed by atoms with Crippen LogP contribution < -0.4 is 39.1 Å². The second-order valence-electron chi connectivity index (χ2n) is 22.6. The van der Waals surface area contributed by atoms with Gasteiger partial charge in [0, 0.05) is 69.0 Å². The van der Waals surface area contributed by atoms with Gasteiger partial charge in [0.25, 0.3) is 22.6 Å². The first kappa shape index (κ1) is 78.7. The highest BCUT2D eigenvalue weighted by atomic mass is 32.7. The van der Waals surface area contributed by atoms with E-state index in [1.807, 2.05) is 0 Å². The number of anilines is 1. The van der Waals surface area contributed by atoms with Crippen LogP contribution in [0.5, 0.6) is 0 Å².